The van der Waals surface area contributed by atoms with Gasteiger partial charge in [-0.1, -0.05) is 29.3 Å². The average Bonchev–Trinajstić information content (AvgIpc) is 2.62. The van der Waals surface area contributed by atoms with Crippen LogP contribution in [0.1, 0.15) is 5.56 Å². The summed E-state index contributed by atoms with van der Waals surface area (Å²) >= 11 is 11.9. The van der Waals surface area contributed by atoms with E-state index in [1.807, 2.05) is 0 Å². The predicted molar refractivity (Wildman–Crippen MR) is 107 cm³/mol. The van der Waals surface area contributed by atoms with Crippen LogP contribution in [0.3, 0.4) is 0 Å². The lowest BCUT2D eigenvalue weighted by atomic mass is 10.1. The molecule has 1 aliphatic heterocycles. The fourth-order valence-electron chi connectivity index (χ4n) is 2.03. The molecule has 1 aromatic rings. The number of amides is 1. The Labute approximate surface area is 167 Å². The van der Waals surface area contributed by atoms with Crippen LogP contribution < -0.4 is 16.0 Å². The van der Waals surface area contributed by atoms with E-state index in [9.17, 15) is 9.59 Å². The van der Waals surface area contributed by atoms with E-state index in [-0.39, 0.29) is 29.7 Å². The highest BCUT2D eigenvalue weighted by Gasteiger charge is 2.22. The number of hydrogen-bond donors (Lipinski definition) is 4. The minimum Gasteiger partial charge on any atom is -0.387 e. The molecule has 0 aromatic heterocycles. The van der Waals surface area contributed by atoms with Crippen LogP contribution >= 0.6 is 23.2 Å². The SMILES string of the molecule is BC(=O)COCCN/C=C1/N=C(NCc2ccc(Cl)c(Cl)c2)NC(=O)C1=N. The second-order valence-corrected chi connectivity index (χ2v) is 6.44. The third-order valence-corrected chi connectivity index (χ3v) is 4.07. The smallest absolute Gasteiger partial charge is 0.278 e. The van der Waals surface area contributed by atoms with Crippen LogP contribution in [-0.4, -0.2) is 50.9 Å². The summed E-state index contributed by atoms with van der Waals surface area (Å²) in [7, 11) is 1.44. The van der Waals surface area contributed by atoms with Crippen molar-refractivity contribution in [1.82, 2.24) is 16.0 Å². The number of nitrogens with zero attached hydrogens (tertiary/aromatic N) is 1. The van der Waals surface area contributed by atoms with Gasteiger partial charge in [-0.15, -0.1) is 0 Å². The molecule has 0 saturated heterocycles. The molecule has 0 bridgehead atoms. The van der Waals surface area contributed by atoms with Gasteiger partial charge >= 0.3 is 0 Å². The topological polar surface area (TPSA) is 116 Å². The third kappa shape index (κ3) is 6.71. The first-order chi connectivity index (χ1) is 12.9. The van der Waals surface area contributed by atoms with E-state index >= 15 is 0 Å². The van der Waals surface area contributed by atoms with Crippen LogP contribution in [0.5, 0.6) is 0 Å². The highest BCUT2D eigenvalue weighted by Crippen LogP contribution is 2.22. The van der Waals surface area contributed by atoms with Gasteiger partial charge in [0.15, 0.2) is 7.85 Å². The number of carbonyl (C=O) groups is 2. The number of ether oxygens (including phenoxy) is 1. The normalized spacial score (nSPS) is 15.3. The first-order valence-electron chi connectivity index (χ1n) is 8.04. The molecule has 0 saturated carbocycles. The van der Waals surface area contributed by atoms with Crippen molar-refractivity contribution >= 4 is 54.3 Å². The Morgan fingerprint density at radius 1 is 1.37 bits per heavy atom. The standard InChI is InChI=1S/C16H18BCl2N5O3/c17-13(25)8-27-4-3-21-7-12-14(20)15(26)24-16(23-12)22-6-9-1-2-10(18)11(19)5-9/h1-2,5,7,20-21H,3-4,6,8,17H2,(H2,22,23,24,26)/b12-7+,20-14?. The molecule has 4 N–H and O–H groups in total. The molecule has 0 radical (unpaired) electrons. The first kappa shape index (κ1) is 21.0. The minimum atomic E-state index is -0.567. The second kappa shape index (κ2) is 10.1. The number of carbonyl (C=O) groups excluding carboxylic acids is 2. The summed E-state index contributed by atoms with van der Waals surface area (Å²) < 4.78 is 5.12. The number of hydrogen-bond acceptors (Lipinski definition) is 7. The van der Waals surface area contributed by atoms with Crippen molar-refractivity contribution in [3.05, 3.63) is 45.7 Å². The molecule has 0 fully saturated rings. The molecular formula is C16H18BCl2N5O3. The van der Waals surface area contributed by atoms with E-state index in [4.69, 9.17) is 33.3 Å². The van der Waals surface area contributed by atoms with Gasteiger partial charge in [0.05, 0.1) is 23.3 Å². The van der Waals surface area contributed by atoms with E-state index < -0.39 is 5.91 Å². The molecule has 0 aliphatic carbocycles. The van der Waals surface area contributed by atoms with Crippen molar-refractivity contribution in [2.24, 2.45) is 4.99 Å². The Kier molecular flexibility index (Phi) is 7.84. The average molecular weight is 410 g/mol. The third-order valence-electron chi connectivity index (χ3n) is 3.33. The summed E-state index contributed by atoms with van der Waals surface area (Å²) in [6.45, 7) is 1.14. The quantitative estimate of drug-likeness (QED) is 0.361. The molecule has 142 valence electrons. The maximum atomic E-state index is 11.9. The molecule has 0 atom stereocenters. The molecule has 0 unspecified atom stereocenters. The summed E-state index contributed by atoms with van der Waals surface area (Å²) in [5.74, 6) is -0.342. The van der Waals surface area contributed by atoms with E-state index in [1.54, 1.807) is 18.2 Å². The Hall–Kier alpha value is -2.36. The van der Waals surface area contributed by atoms with Crippen molar-refractivity contribution in [1.29, 1.82) is 5.41 Å². The van der Waals surface area contributed by atoms with Crippen LogP contribution in [0.2, 0.25) is 10.0 Å². The fourth-order valence-corrected chi connectivity index (χ4v) is 2.35. The lowest BCUT2D eigenvalue weighted by molar-refractivity contribution is -0.116. The van der Waals surface area contributed by atoms with E-state index in [0.717, 1.165) is 5.56 Å². The van der Waals surface area contributed by atoms with Gasteiger partial charge in [-0.25, -0.2) is 4.99 Å². The Morgan fingerprint density at radius 3 is 2.85 bits per heavy atom. The molecule has 0 spiro atoms. The lowest BCUT2D eigenvalue weighted by Gasteiger charge is -2.17. The van der Waals surface area contributed by atoms with Crippen molar-refractivity contribution in [3.63, 3.8) is 0 Å². The first-order valence-corrected chi connectivity index (χ1v) is 8.80. The zero-order chi connectivity index (χ0) is 19.8. The molecule has 27 heavy (non-hydrogen) atoms. The minimum absolute atomic E-state index is 0.0530. The molecule has 1 aliphatic rings. The van der Waals surface area contributed by atoms with Crippen molar-refractivity contribution < 1.29 is 14.3 Å². The van der Waals surface area contributed by atoms with Gasteiger partial charge in [0.1, 0.15) is 17.1 Å². The van der Waals surface area contributed by atoms with Crippen molar-refractivity contribution in [2.45, 2.75) is 6.54 Å². The van der Waals surface area contributed by atoms with E-state index in [2.05, 4.69) is 20.9 Å². The fraction of sp³-hybridized carbons (Fsp3) is 0.250. The summed E-state index contributed by atoms with van der Waals surface area (Å²) in [4.78, 5) is 26.9. The number of aliphatic imine (C=N–C) groups is 1. The predicted octanol–water partition coefficient (Wildman–Crippen LogP) is 0.196. The number of halogens is 2. The van der Waals surface area contributed by atoms with Crippen LogP contribution in [0, 0.1) is 5.41 Å². The van der Waals surface area contributed by atoms with Crippen LogP contribution in [-0.2, 0) is 20.9 Å². The van der Waals surface area contributed by atoms with E-state index in [0.29, 0.717) is 29.7 Å². The maximum absolute atomic E-state index is 11.9. The number of guanidine groups is 1. The van der Waals surface area contributed by atoms with Gasteiger partial charge in [0, 0.05) is 19.3 Å². The summed E-state index contributed by atoms with van der Waals surface area (Å²) in [5, 5.41) is 17.1. The lowest BCUT2D eigenvalue weighted by Crippen LogP contribution is -2.47. The summed E-state index contributed by atoms with van der Waals surface area (Å²) in [6, 6.07) is 5.19. The molecule has 1 heterocycles. The number of rotatable bonds is 8. The molecular weight excluding hydrogens is 392 g/mol. The zero-order valence-corrected chi connectivity index (χ0v) is 16.1. The molecule has 8 nitrogen and oxygen atoms in total. The molecule has 11 heteroatoms. The molecule has 2 rings (SSSR count). The summed E-state index contributed by atoms with van der Waals surface area (Å²) in [6.07, 6.45) is 1.46. The Morgan fingerprint density at radius 2 is 2.15 bits per heavy atom. The van der Waals surface area contributed by atoms with Gasteiger partial charge in [-0.05, 0) is 17.7 Å². The monoisotopic (exact) mass is 409 g/mol. The maximum Gasteiger partial charge on any atom is 0.278 e. The second-order valence-electron chi connectivity index (χ2n) is 5.63. The van der Waals surface area contributed by atoms with Gasteiger partial charge in [0.2, 0.25) is 5.96 Å². The van der Waals surface area contributed by atoms with Crippen molar-refractivity contribution in [2.75, 3.05) is 19.8 Å². The van der Waals surface area contributed by atoms with Gasteiger partial charge in [-0.3, -0.25) is 15.5 Å². The van der Waals surface area contributed by atoms with Crippen LogP contribution in [0.4, 0.5) is 0 Å². The van der Waals surface area contributed by atoms with Gasteiger partial charge in [0.25, 0.3) is 5.91 Å². The number of nitrogens with one attached hydrogen (secondary N) is 4. The van der Waals surface area contributed by atoms with Crippen LogP contribution in [0.15, 0.2) is 35.1 Å². The van der Waals surface area contributed by atoms with Crippen LogP contribution in [0.25, 0.3) is 0 Å². The molecule has 1 aromatic carbocycles. The molecule has 1 amide bonds. The van der Waals surface area contributed by atoms with Crippen molar-refractivity contribution in [3.8, 4) is 0 Å². The highest BCUT2D eigenvalue weighted by atomic mass is 35.5. The summed E-state index contributed by atoms with van der Waals surface area (Å²) in [5.41, 5.74) is 0.726. The van der Waals surface area contributed by atoms with E-state index in [1.165, 1.54) is 14.0 Å². The largest absolute Gasteiger partial charge is 0.387 e. The highest BCUT2D eigenvalue weighted by molar-refractivity contribution is 6.58. The zero-order valence-electron chi connectivity index (χ0n) is 14.6. The Balaban J connectivity index is 1.93. The van der Waals surface area contributed by atoms with Gasteiger partial charge < -0.3 is 20.2 Å². The number of benzene rings is 1. The van der Waals surface area contributed by atoms with Gasteiger partial charge in [-0.2, -0.15) is 0 Å². The Bertz CT molecular complexity index is 813.